The van der Waals surface area contributed by atoms with Crippen LogP contribution in [0.4, 0.5) is 0 Å². The van der Waals surface area contributed by atoms with Crippen LogP contribution in [-0.2, 0) is 4.74 Å². The Morgan fingerprint density at radius 2 is 2.12 bits per heavy atom. The number of aromatic nitrogens is 1. The highest BCUT2D eigenvalue weighted by Gasteiger charge is 2.32. The van der Waals surface area contributed by atoms with Gasteiger partial charge in [-0.1, -0.05) is 26.8 Å². The lowest BCUT2D eigenvalue weighted by molar-refractivity contribution is -0.0899. The summed E-state index contributed by atoms with van der Waals surface area (Å²) >= 11 is 0. The number of hydrogen-bond acceptors (Lipinski definition) is 3. The Morgan fingerprint density at radius 1 is 1.44 bits per heavy atom. The molecule has 0 amide bonds. The van der Waals surface area contributed by atoms with E-state index in [-0.39, 0.29) is 11.5 Å². The lowest BCUT2D eigenvalue weighted by atomic mass is 9.83. The molecule has 0 aliphatic carbocycles. The molecule has 90 valence electrons. The second kappa shape index (κ2) is 5.41. The minimum atomic E-state index is -0.631. The van der Waals surface area contributed by atoms with Crippen molar-refractivity contribution in [2.24, 2.45) is 5.41 Å². The van der Waals surface area contributed by atoms with Crippen LogP contribution in [0.5, 0.6) is 0 Å². The molecular weight excluding hydrogens is 202 g/mol. The summed E-state index contributed by atoms with van der Waals surface area (Å²) in [4.78, 5) is 4.01. The molecule has 3 heteroatoms. The van der Waals surface area contributed by atoms with Crippen molar-refractivity contribution >= 4 is 0 Å². The summed E-state index contributed by atoms with van der Waals surface area (Å²) in [6.45, 7) is 8.72. The van der Waals surface area contributed by atoms with Gasteiger partial charge in [0.05, 0.1) is 6.10 Å². The molecule has 0 spiro atoms. The second-order valence-electron chi connectivity index (χ2n) is 4.97. The van der Waals surface area contributed by atoms with Crippen molar-refractivity contribution in [1.82, 2.24) is 4.98 Å². The third-order valence-electron chi connectivity index (χ3n) is 2.51. The van der Waals surface area contributed by atoms with Gasteiger partial charge >= 0.3 is 0 Å². The Balaban J connectivity index is 2.87. The highest BCUT2D eigenvalue weighted by Crippen LogP contribution is 2.32. The van der Waals surface area contributed by atoms with Crippen LogP contribution in [0.2, 0.25) is 0 Å². The van der Waals surface area contributed by atoms with Gasteiger partial charge in [0.25, 0.3) is 0 Å². The molecule has 3 nitrogen and oxygen atoms in total. The molecule has 0 bridgehead atoms. The second-order valence-corrected chi connectivity index (χ2v) is 4.97. The number of aliphatic hydroxyl groups is 1. The fraction of sp³-hybridized carbons (Fsp3) is 0.615. The summed E-state index contributed by atoms with van der Waals surface area (Å²) in [6, 6.07) is 3.69. The molecule has 0 saturated heterocycles. The average molecular weight is 223 g/mol. The topological polar surface area (TPSA) is 42.4 Å². The zero-order valence-electron chi connectivity index (χ0n) is 10.5. The standard InChI is InChI=1S/C13H21NO2/c1-5-16-12(13(2,3)4)11(15)10-7-6-8-14-9-10/h6-9,11-12,15H,5H2,1-4H3. The van der Waals surface area contributed by atoms with Crippen LogP contribution in [-0.4, -0.2) is 22.8 Å². The van der Waals surface area contributed by atoms with E-state index in [0.29, 0.717) is 6.61 Å². The highest BCUT2D eigenvalue weighted by atomic mass is 16.5. The van der Waals surface area contributed by atoms with Crippen LogP contribution in [0.3, 0.4) is 0 Å². The summed E-state index contributed by atoms with van der Waals surface area (Å²) in [6.07, 6.45) is 2.53. The third kappa shape index (κ3) is 3.29. The van der Waals surface area contributed by atoms with Crippen LogP contribution in [0, 0.1) is 5.41 Å². The van der Waals surface area contributed by atoms with Gasteiger partial charge in [0, 0.05) is 24.6 Å². The highest BCUT2D eigenvalue weighted by molar-refractivity contribution is 5.14. The molecular formula is C13H21NO2. The van der Waals surface area contributed by atoms with Crippen molar-refractivity contribution in [1.29, 1.82) is 0 Å². The van der Waals surface area contributed by atoms with E-state index in [0.717, 1.165) is 5.56 Å². The summed E-state index contributed by atoms with van der Waals surface area (Å²) in [7, 11) is 0. The van der Waals surface area contributed by atoms with E-state index in [9.17, 15) is 5.11 Å². The van der Waals surface area contributed by atoms with Crippen LogP contribution < -0.4 is 0 Å². The molecule has 1 heterocycles. The van der Waals surface area contributed by atoms with E-state index in [4.69, 9.17) is 4.74 Å². The molecule has 0 saturated carbocycles. The van der Waals surface area contributed by atoms with Gasteiger partial charge in [-0.05, 0) is 18.4 Å². The van der Waals surface area contributed by atoms with Crippen molar-refractivity contribution in [3.8, 4) is 0 Å². The monoisotopic (exact) mass is 223 g/mol. The predicted molar refractivity (Wildman–Crippen MR) is 64.1 cm³/mol. The molecule has 16 heavy (non-hydrogen) atoms. The fourth-order valence-electron chi connectivity index (χ4n) is 1.72. The zero-order chi connectivity index (χ0) is 12.2. The largest absolute Gasteiger partial charge is 0.386 e. The van der Waals surface area contributed by atoms with Crippen LogP contribution in [0.25, 0.3) is 0 Å². The van der Waals surface area contributed by atoms with Gasteiger partial charge in [0.15, 0.2) is 0 Å². The first-order valence-electron chi connectivity index (χ1n) is 5.66. The smallest absolute Gasteiger partial charge is 0.107 e. The Bertz CT molecular complexity index is 305. The van der Waals surface area contributed by atoms with E-state index in [1.54, 1.807) is 12.4 Å². The molecule has 0 radical (unpaired) electrons. The molecule has 1 aromatic rings. The minimum Gasteiger partial charge on any atom is -0.386 e. The Morgan fingerprint density at radius 3 is 2.56 bits per heavy atom. The first-order valence-corrected chi connectivity index (χ1v) is 5.66. The number of aliphatic hydroxyl groups excluding tert-OH is 1. The van der Waals surface area contributed by atoms with E-state index in [1.807, 2.05) is 19.1 Å². The van der Waals surface area contributed by atoms with E-state index >= 15 is 0 Å². The predicted octanol–water partition coefficient (Wildman–Crippen LogP) is 2.57. The number of rotatable bonds is 4. The molecule has 0 aliphatic heterocycles. The molecule has 2 unspecified atom stereocenters. The Hall–Kier alpha value is -0.930. The van der Waals surface area contributed by atoms with E-state index < -0.39 is 6.10 Å². The number of nitrogens with zero attached hydrogens (tertiary/aromatic N) is 1. The van der Waals surface area contributed by atoms with Crippen molar-refractivity contribution < 1.29 is 9.84 Å². The molecule has 1 rings (SSSR count). The van der Waals surface area contributed by atoms with Crippen molar-refractivity contribution in [3.63, 3.8) is 0 Å². The van der Waals surface area contributed by atoms with Crippen LogP contribution in [0.1, 0.15) is 39.4 Å². The molecule has 0 aliphatic rings. The summed E-state index contributed by atoms with van der Waals surface area (Å²) in [5, 5.41) is 10.3. The SMILES string of the molecule is CCOC(C(O)c1cccnc1)C(C)(C)C. The normalized spacial score (nSPS) is 15.8. The molecule has 1 N–H and O–H groups in total. The van der Waals surface area contributed by atoms with Gasteiger partial charge in [-0.15, -0.1) is 0 Å². The molecule has 0 fully saturated rings. The van der Waals surface area contributed by atoms with Gasteiger partial charge in [0.2, 0.25) is 0 Å². The van der Waals surface area contributed by atoms with Crippen molar-refractivity contribution in [2.75, 3.05) is 6.61 Å². The van der Waals surface area contributed by atoms with Crippen molar-refractivity contribution in [2.45, 2.75) is 39.9 Å². The number of hydrogen-bond donors (Lipinski definition) is 1. The summed E-state index contributed by atoms with van der Waals surface area (Å²) in [5.74, 6) is 0. The summed E-state index contributed by atoms with van der Waals surface area (Å²) in [5.41, 5.74) is 0.696. The lowest BCUT2D eigenvalue weighted by Crippen LogP contribution is -2.35. The maximum absolute atomic E-state index is 10.3. The first kappa shape index (κ1) is 13.1. The van der Waals surface area contributed by atoms with Gasteiger partial charge in [-0.25, -0.2) is 0 Å². The van der Waals surface area contributed by atoms with Crippen molar-refractivity contribution in [3.05, 3.63) is 30.1 Å². The zero-order valence-corrected chi connectivity index (χ0v) is 10.5. The number of ether oxygens (including phenoxy) is 1. The van der Waals surface area contributed by atoms with Gasteiger partial charge in [0.1, 0.15) is 6.10 Å². The van der Waals surface area contributed by atoms with E-state index in [2.05, 4.69) is 25.8 Å². The molecule has 0 aromatic carbocycles. The third-order valence-corrected chi connectivity index (χ3v) is 2.51. The average Bonchev–Trinajstić information content (AvgIpc) is 2.25. The lowest BCUT2D eigenvalue weighted by Gasteiger charge is -2.34. The van der Waals surface area contributed by atoms with Crippen LogP contribution in [0.15, 0.2) is 24.5 Å². The maximum atomic E-state index is 10.3. The Kier molecular flexibility index (Phi) is 4.44. The van der Waals surface area contributed by atoms with Gasteiger partial charge in [-0.3, -0.25) is 4.98 Å². The first-order chi connectivity index (χ1) is 7.46. The van der Waals surface area contributed by atoms with Crippen LogP contribution >= 0.6 is 0 Å². The van der Waals surface area contributed by atoms with Gasteiger partial charge in [-0.2, -0.15) is 0 Å². The molecule has 1 aromatic heterocycles. The Labute approximate surface area is 97.5 Å². The quantitative estimate of drug-likeness (QED) is 0.853. The minimum absolute atomic E-state index is 0.106. The fourth-order valence-corrected chi connectivity index (χ4v) is 1.72. The maximum Gasteiger partial charge on any atom is 0.107 e. The molecule has 2 atom stereocenters. The summed E-state index contributed by atoms with van der Waals surface area (Å²) < 4.78 is 5.64. The van der Waals surface area contributed by atoms with E-state index in [1.165, 1.54) is 0 Å². The van der Waals surface area contributed by atoms with Gasteiger partial charge < -0.3 is 9.84 Å². The number of pyridine rings is 1.